The van der Waals surface area contributed by atoms with Crippen LogP contribution in [0.1, 0.15) is 25.0 Å². The maximum Gasteiger partial charge on any atom is 0.244 e. The monoisotopic (exact) mass is 340 g/mol. The van der Waals surface area contributed by atoms with Crippen molar-refractivity contribution in [1.29, 1.82) is 0 Å². The van der Waals surface area contributed by atoms with Gasteiger partial charge in [0.1, 0.15) is 12.3 Å². The molecule has 2 amide bonds. The Kier molecular flexibility index (Phi) is 6.17. The van der Waals surface area contributed by atoms with E-state index < -0.39 is 0 Å². The van der Waals surface area contributed by atoms with Gasteiger partial charge in [0.2, 0.25) is 11.8 Å². The van der Waals surface area contributed by atoms with Gasteiger partial charge >= 0.3 is 0 Å². The second kappa shape index (κ2) is 8.33. The first-order valence-electron chi connectivity index (χ1n) is 8.26. The lowest BCUT2D eigenvalue weighted by atomic mass is 10.1. The third-order valence-electron chi connectivity index (χ3n) is 3.95. The van der Waals surface area contributed by atoms with E-state index in [-0.39, 0.29) is 18.4 Å². The SMILES string of the molecule is CCc1ccc(NC(=O)CN(C(C)=O)c2cc(C)ccc2OC)cc1. The molecule has 0 aliphatic rings. The summed E-state index contributed by atoms with van der Waals surface area (Å²) in [4.78, 5) is 25.9. The molecular formula is C20H24N2O3. The van der Waals surface area contributed by atoms with Crippen LogP contribution in [-0.2, 0) is 16.0 Å². The third-order valence-corrected chi connectivity index (χ3v) is 3.95. The van der Waals surface area contributed by atoms with Gasteiger partial charge in [-0.1, -0.05) is 25.1 Å². The van der Waals surface area contributed by atoms with Gasteiger partial charge in [-0.05, 0) is 48.7 Å². The molecular weight excluding hydrogens is 316 g/mol. The molecule has 0 fully saturated rings. The molecule has 0 atom stereocenters. The Balaban J connectivity index is 2.17. The summed E-state index contributed by atoms with van der Waals surface area (Å²) < 4.78 is 5.33. The van der Waals surface area contributed by atoms with Crippen LogP contribution in [0.25, 0.3) is 0 Å². The molecule has 0 spiro atoms. The molecule has 0 radical (unpaired) electrons. The predicted octanol–water partition coefficient (Wildman–Crippen LogP) is 3.56. The highest BCUT2D eigenvalue weighted by molar-refractivity contribution is 6.02. The van der Waals surface area contributed by atoms with E-state index >= 15 is 0 Å². The van der Waals surface area contributed by atoms with Crippen molar-refractivity contribution in [1.82, 2.24) is 0 Å². The fraction of sp³-hybridized carbons (Fsp3) is 0.300. The molecule has 2 aromatic carbocycles. The molecule has 5 nitrogen and oxygen atoms in total. The summed E-state index contributed by atoms with van der Waals surface area (Å²) >= 11 is 0. The first-order chi connectivity index (χ1) is 11.9. The zero-order valence-corrected chi connectivity index (χ0v) is 15.1. The zero-order valence-electron chi connectivity index (χ0n) is 15.1. The Labute approximate surface area is 148 Å². The summed E-state index contributed by atoms with van der Waals surface area (Å²) in [7, 11) is 1.54. The number of hydrogen-bond acceptors (Lipinski definition) is 3. The van der Waals surface area contributed by atoms with Crippen LogP contribution in [0, 0.1) is 6.92 Å². The van der Waals surface area contributed by atoms with E-state index in [0.29, 0.717) is 17.1 Å². The maximum atomic E-state index is 12.4. The molecule has 25 heavy (non-hydrogen) atoms. The average Bonchev–Trinajstić information content (AvgIpc) is 2.60. The molecule has 5 heteroatoms. The van der Waals surface area contributed by atoms with Crippen molar-refractivity contribution in [2.45, 2.75) is 27.2 Å². The Morgan fingerprint density at radius 3 is 2.36 bits per heavy atom. The molecule has 0 unspecified atom stereocenters. The van der Waals surface area contributed by atoms with Crippen molar-refractivity contribution in [2.24, 2.45) is 0 Å². The average molecular weight is 340 g/mol. The standard InChI is InChI=1S/C20H24N2O3/c1-5-16-7-9-17(10-8-16)21-20(24)13-22(15(3)23)18-12-14(2)6-11-19(18)25-4/h6-12H,5,13H2,1-4H3,(H,21,24). The van der Waals surface area contributed by atoms with Crippen LogP contribution in [-0.4, -0.2) is 25.5 Å². The largest absolute Gasteiger partial charge is 0.495 e. The maximum absolute atomic E-state index is 12.4. The van der Waals surface area contributed by atoms with Gasteiger partial charge in [0.25, 0.3) is 0 Å². The number of rotatable bonds is 6. The molecule has 0 saturated carbocycles. The number of ether oxygens (including phenoxy) is 1. The number of methoxy groups -OCH3 is 1. The minimum absolute atomic E-state index is 0.0787. The summed E-state index contributed by atoms with van der Waals surface area (Å²) in [6.45, 7) is 5.36. The second-order valence-electron chi connectivity index (χ2n) is 5.88. The molecule has 132 valence electrons. The third kappa shape index (κ3) is 4.83. The van der Waals surface area contributed by atoms with Crippen LogP contribution in [0.5, 0.6) is 5.75 Å². The predicted molar refractivity (Wildman–Crippen MR) is 100 cm³/mol. The number of carbonyl (C=O) groups is 2. The Hall–Kier alpha value is -2.82. The van der Waals surface area contributed by atoms with Gasteiger partial charge in [-0.3, -0.25) is 14.5 Å². The fourth-order valence-electron chi connectivity index (χ4n) is 2.54. The Morgan fingerprint density at radius 2 is 1.80 bits per heavy atom. The summed E-state index contributed by atoms with van der Waals surface area (Å²) in [6, 6.07) is 13.2. The van der Waals surface area contributed by atoms with Gasteiger partial charge in [0, 0.05) is 12.6 Å². The van der Waals surface area contributed by atoms with Gasteiger partial charge < -0.3 is 10.1 Å². The quantitative estimate of drug-likeness (QED) is 0.875. The molecule has 2 rings (SSSR count). The summed E-state index contributed by atoms with van der Waals surface area (Å²) in [5.41, 5.74) is 3.49. The molecule has 0 aromatic heterocycles. The number of aryl methyl sites for hydroxylation is 2. The van der Waals surface area contributed by atoms with Crippen LogP contribution in [0.3, 0.4) is 0 Å². The van der Waals surface area contributed by atoms with E-state index in [2.05, 4.69) is 12.2 Å². The van der Waals surface area contributed by atoms with Crippen LogP contribution in [0.2, 0.25) is 0 Å². The highest BCUT2D eigenvalue weighted by Crippen LogP contribution is 2.29. The number of nitrogens with zero attached hydrogens (tertiary/aromatic N) is 1. The molecule has 0 saturated heterocycles. The molecule has 0 aliphatic carbocycles. The van der Waals surface area contributed by atoms with Crippen molar-refractivity contribution in [2.75, 3.05) is 23.9 Å². The van der Waals surface area contributed by atoms with Crippen LogP contribution >= 0.6 is 0 Å². The minimum Gasteiger partial charge on any atom is -0.495 e. The molecule has 0 aliphatic heterocycles. The van der Waals surface area contributed by atoms with Gasteiger partial charge in [0.15, 0.2) is 0 Å². The Bertz CT molecular complexity index is 754. The van der Waals surface area contributed by atoms with E-state index in [1.54, 1.807) is 13.2 Å². The summed E-state index contributed by atoms with van der Waals surface area (Å²) in [5.74, 6) is 0.0734. The lowest BCUT2D eigenvalue weighted by Crippen LogP contribution is -2.37. The first kappa shape index (κ1) is 18.5. The van der Waals surface area contributed by atoms with E-state index in [4.69, 9.17) is 4.74 Å². The number of carbonyl (C=O) groups excluding carboxylic acids is 2. The summed E-state index contributed by atoms with van der Waals surface area (Å²) in [6.07, 6.45) is 0.944. The second-order valence-corrected chi connectivity index (χ2v) is 5.88. The van der Waals surface area contributed by atoms with Crippen molar-refractivity contribution >= 4 is 23.2 Å². The van der Waals surface area contributed by atoms with Crippen LogP contribution < -0.4 is 15.0 Å². The number of amides is 2. The van der Waals surface area contributed by atoms with Crippen molar-refractivity contribution in [3.63, 3.8) is 0 Å². The highest BCUT2D eigenvalue weighted by atomic mass is 16.5. The van der Waals surface area contributed by atoms with E-state index in [1.165, 1.54) is 17.4 Å². The highest BCUT2D eigenvalue weighted by Gasteiger charge is 2.19. The zero-order chi connectivity index (χ0) is 18.4. The number of benzene rings is 2. The molecule has 2 aromatic rings. The summed E-state index contributed by atoms with van der Waals surface area (Å²) in [5, 5.41) is 2.83. The van der Waals surface area contributed by atoms with E-state index in [0.717, 1.165) is 12.0 Å². The lowest BCUT2D eigenvalue weighted by Gasteiger charge is -2.23. The number of hydrogen-bond donors (Lipinski definition) is 1. The number of nitrogens with one attached hydrogen (secondary N) is 1. The first-order valence-corrected chi connectivity index (χ1v) is 8.26. The van der Waals surface area contributed by atoms with Gasteiger partial charge in [-0.15, -0.1) is 0 Å². The van der Waals surface area contributed by atoms with Crippen LogP contribution in [0.4, 0.5) is 11.4 Å². The smallest absolute Gasteiger partial charge is 0.244 e. The van der Waals surface area contributed by atoms with Gasteiger partial charge in [0.05, 0.1) is 12.8 Å². The Morgan fingerprint density at radius 1 is 1.12 bits per heavy atom. The van der Waals surface area contributed by atoms with E-state index in [1.807, 2.05) is 43.3 Å². The van der Waals surface area contributed by atoms with Crippen molar-refractivity contribution in [3.05, 3.63) is 53.6 Å². The topological polar surface area (TPSA) is 58.6 Å². The molecule has 0 heterocycles. The molecule has 1 N–H and O–H groups in total. The van der Waals surface area contributed by atoms with Crippen LogP contribution in [0.15, 0.2) is 42.5 Å². The lowest BCUT2D eigenvalue weighted by molar-refractivity contribution is -0.120. The fourth-order valence-corrected chi connectivity index (χ4v) is 2.54. The van der Waals surface area contributed by atoms with E-state index in [9.17, 15) is 9.59 Å². The van der Waals surface area contributed by atoms with Gasteiger partial charge in [-0.2, -0.15) is 0 Å². The minimum atomic E-state index is -0.261. The normalized spacial score (nSPS) is 10.2. The van der Waals surface area contributed by atoms with Crippen molar-refractivity contribution in [3.8, 4) is 5.75 Å². The van der Waals surface area contributed by atoms with Gasteiger partial charge in [-0.25, -0.2) is 0 Å². The van der Waals surface area contributed by atoms with Crippen molar-refractivity contribution < 1.29 is 14.3 Å². The molecule has 0 bridgehead atoms. The number of anilines is 2.